The molecule has 1 aliphatic heterocycles. The van der Waals surface area contributed by atoms with Crippen LogP contribution in [-0.2, 0) is 0 Å². The van der Waals surface area contributed by atoms with Crippen molar-refractivity contribution in [2.24, 2.45) is 21.8 Å². The van der Waals surface area contributed by atoms with Crippen LogP contribution < -0.4 is 0 Å². The first-order chi connectivity index (χ1) is 6.59. The van der Waals surface area contributed by atoms with E-state index in [-0.39, 0.29) is 12.3 Å². The Bertz CT molecular complexity index is 294. The Morgan fingerprint density at radius 3 is 2.71 bits per heavy atom. The van der Waals surface area contributed by atoms with Gasteiger partial charge in [0.1, 0.15) is 12.3 Å². The van der Waals surface area contributed by atoms with Crippen molar-refractivity contribution in [2.45, 2.75) is 45.9 Å². The highest BCUT2D eigenvalue weighted by Gasteiger charge is 2.36. The van der Waals surface area contributed by atoms with Crippen LogP contribution in [0, 0.1) is 11.8 Å². The zero-order valence-corrected chi connectivity index (χ0v) is 9.07. The highest BCUT2D eigenvalue weighted by atomic mass is 16.3. The third-order valence-electron chi connectivity index (χ3n) is 3.22. The second-order valence-electron chi connectivity index (χ2n) is 4.61. The maximum atomic E-state index is 10.1. The van der Waals surface area contributed by atoms with Crippen LogP contribution in [0.25, 0.3) is 0 Å². The Balaban J connectivity index is 2.21. The fourth-order valence-corrected chi connectivity index (χ4v) is 2.40. The van der Waals surface area contributed by atoms with Crippen LogP contribution in [0.15, 0.2) is 9.98 Å². The lowest BCUT2D eigenvalue weighted by molar-refractivity contribution is 0.130. The number of aliphatic imine (C=N–C) groups is 2. The molecule has 1 N–H and O–H groups in total. The van der Waals surface area contributed by atoms with Gasteiger partial charge < -0.3 is 5.11 Å². The maximum Gasteiger partial charge on any atom is 0.137 e. The second kappa shape index (κ2) is 3.46. The van der Waals surface area contributed by atoms with Crippen LogP contribution in [0.1, 0.15) is 33.6 Å². The third kappa shape index (κ3) is 1.50. The maximum absolute atomic E-state index is 10.1. The minimum absolute atomic E-state index is 0.0283. The molecule has 1 heterocycles. The second-order valence-corrected chi connectivity index (χ2v) is 4.61. The van der Waals surface area contributed by atoms with Gasteiger partial charge in [-0.1, -0.05) is 13.8 Å². The predicted molar refractivity (Wildman–Crippen MR) is 57.9 cm³/mol. The van der Waals surface area contributed by atoms with Crippen molar-refractivity contribution in [3.63, 3.8) is 0 Å². The van der Waals surface area contributed by atoms with Gasteiger partial charge in [-0.2, -0.15) is 0 Å². The van der Waals surface area contributed by atoms with E-state index in [1.165, 1.54) is 0 Å². The van der Waals surface area contributed by atoms with E-state index < -0.39 is 0 Å². The summed E-state index contributed by atoms with van der Waals surface area (Å²) in [6.07, 6.45) is 1.68. The first-order valence-corrected chi connectivity index (χ1v) is 5.42. The molecule has 1 saturated carbocycles. The number of hydrogen-bond acceptors (Lipinski definition) is 3. The molecule has 0 bridgehead atoms. The van der Waals surface area contributed by atoms with Gasteiger partial charge in [0.15, 0.2) is 0 Å². The van der Waals surface area contributed by atoms with Crippen molar-refractivity contribution in [3.8, 4) is 0 Å². The Kier molecular flexibility index (Phi) is 2.43. The molecule has 2 aliphatic rings. The van der Waals surface area contributed by atoms with Gasteiger partial charge in [0.25, 0.3) is 0 Å². The molecule has 0 aromatic rings. The van der Waals surface area contributed by atoms with Crippen LogP contribution in [0.3, 0.4) is 0 Å². The monoisotopic (exact) mass is 194 g/mol. The summed E-state index contributed by atoms with van der Waals surface area (Å²) < 4.78 is 0. The molecule has 3 nitrogen and oxygen atoms in total. The lowest BCUT2D eigenvalue weighted by Gasteiger charge is -2.31. The van der Waals surface area contributed by atoms with E-state index in [1.54, 1.807) is 0 Å². The molecule has 0 aromatic carbocycles. The Morgan fingerprint density at radius 1 is 1.36 bits per heavy atom. The van der Waals surface area contributed by atoms with Gasteiger partial charge in [-0.3, -0.25) is 9.98 Å². The van der Waals surface area contributed by atoms with Crippen LogP contribution in [-0.4, -0.2) is 28.8 Å². The molecule has 3 heteroatoms. The minimum Gasteiger partial charge on any atom is -0.386 e. The number of aliphatic hydroxyl groups is 1. The summed E-state index contributed by atoms with van der Waals surface area (Å²) in [6, 6.07) is 0. The molecule has 1 fully saturated rings. The lowest BCUT2D eigenvalue weighted by atomic mass is 9.77. The average molecular weight is 194 g/mol. The molecule has 0 aromatic heterocycles. The predicted octanol–water partition coefficient (Wildman–Crippen LogP) is 1.65. The van der Waals surface area contributed by atoms with Gasteiger partial charge in [0.2, 0.25) is 0 Å². The Labute approximate surface area is 85.0 Å². The number of nitrogens with zero attached hydrogens (tertiary/aromatic N) is 2. The summed E-state index contributed by atoms with van der Waals surface area (Å²) in [5.74, 6) is 0.878. The number of rotatable bonds is 1. The van der Waals surface area contributed by atoms with E-state index in [4.69, 9.17) is 0 Å². The molecule has 3 unspecified atom stereocenters. The Hall–Kier alpha value is -0.700. The molecule has 0 saturated heterocycles. The molecule has 0 amide bonds. The van der Waals surface area contributed by atoms with E-state index >= 15 is 0 Å². The lowest BCUT2D eigenvalue weighted by Crippen LogP contribution is -2.41. The fraction of sp³-hybridized carbons (Fsp3) is 0.818. The fourth-order valence-electron chi connectivity index (χ4n) is 2.40. The molecule has 0 radical (unpaired) electrons. The molecule has 1 aliphatic carbocycles. The van der Waals surface area contributed by atoms with Gasteiger partial charge in [-0.25, -0.2) is 0 Å². The van der Waals surface area contributed by atoms with Gasteiger partial charge >= 0.3 is 0 Å². The first-order valence-electron chi connectivity index (χ1n) is 5.42. The van der Waals surface area contributed by atoms with Crippen molar-refractivity contribution in [1.29, 1.82) is 0 Å². The van der Waals surface area contributed by atoms with Gasteiger partial charge in [-0.15, -0.1) is 0 Å². The summed E-state index contributed by atoms with van der Waals surface area (Å²) in [5.41, 5.74) is 1.91. The summed E-state index contributed by atoms with van der Waals surface area (Å²) in [4.78, 5) is 8.79. The van der Waals surface area contributed by atoms with Crippen molar-refractivity contribution in [1.82, 2.24) is 0 Å². The molecule has 3 atom stereocenters. The Morgan fingerprint density at radius 2 is 2.07 bits per heavy atom. The van der Waals surface area contributed by atoms with Crippen LogP contribution >= 0.6 is 0 Å². The third-order valence-corrected chi connectivity index (χ3v) is 3.22. The van der Waals surface area contributed by atoms with Crippen molar-refractivity contribution >= 4 is 11.4 Å². The van der Waals surface area contributed by atoms with Gasteiger partial charge in [0, 0.05) is 0 Å². The van der Waals surface area contributed by atoms with E-state index in [9.17, 15) is 5.11 Å². The van der Waals surface area contributed by atoms with Crippen molar-refractivity contribution in [3.05, 3.63) is 0 Å². The van der Waals surface area contributed by atoms with E-state index in [0.29, 0.717) is 11.8 Å². The topological polar surface area (TPSA) is 45.0 Å². The van der Waals surface area contributed by atoms with Crippen LogP contribution in [0.4, 0.5) is 0 Å². The average Bonchev–Trinajstić information content (AvgIpc) is 2.46. The first kappa shape index (κ1) is 9.84. The molecule has 14 heavy (non-hydrogen) atoms. The standard InChI is InChI=1S/C11H18N2O/c1-6(2)8-4-5-9-10(11(8)14)13-7(3)12-9/h6-8,11,14H,4-5H2,1-3H3. The SMILES string of the molecule is CC1N=C2CCC(C(C)C)C(O)C2=N1. The highest BCUT2D eigenvalue weighted by molar-refractivity contribution is 6.45. The normalized spacial score (nSPS) is 36.8. The summed E-state index contributed by atoms with van der Waals surface area (Å²) >= 11 is 0. The summed E-state index contributed by atoms with van der Waals surface area (Å²) in [7, 11) is 0. The van der Waals surface area contributed by atoms with Crippen molar-refractivity contribution < 1.29 is 5.11 Å². The zero-order chi connectivity index (χ0) is 10.3. The zero-order valence-electron chi connectivity index (χ0n) is 9.07. The van der Waals surface area contributed by atoms with Gasteiger partial charge in [-0.05, 0) is 31.6 Å². The quantitative estimate of drug-likeness (QED) is 0.678. The molecule has 78 valence electrons. The van der Waals surface area contributed by atoms with E-state index in [0.717, 1.165) is 24.3 Å². The summed E-state index contributed by atoms with van der Waals surface area (Å²) in [6.45, 7) is 6.29. The minimum atomic E-state index is -0.382. The largest absolute Gasteiger partial charge is 0.386 e. The number of hydrogen-bond donors (Lipinski definition) is 1. The number of aliphatic hydroxyl groups excluding tert-OH is 1. The van der Waals surface area contributed by atoms with E-state index in [1.807, 2.05) is 6.92 Å². The van der Waals surface area contributed by atoms with Gasteiger partial charge in [0.05, 0.1) is 11.4 Å². The molecule has 0 spiro atoms. The van der Waals surface area contributed by atoms with E-state index in [2.05, 4.69) is 23.8 Å². The number of fused-ring (bicyclic) bond motifs is 1. The molecule has 2 rings (SSSR count). The molecular weight excluding hydrogens is 176 g/mol. The highest BCUT2D eigenvalue weighted by Crippen LogP contribution is 2.30. The smallest absolute Gasteiger partial charge is 0.137 e. The van der Waals surface area contributed by atoms with Crippen LogP contribution in [0.2, 0.25) is 0 Å². The van der Waals surface area contributed by atoms with Crippen LogP contribution in [0.5, 0.6) is 0 Å². The summed E-state index contributed by atoms with van der Waals surface area (Å²) in [5, 5.41) is 10.1. The molecular formula is C11H18N2O. The van der Waals surface area contributed by atoms with Crippen molar-refractivity contribution in [2.75, 3.05) is 0 Å².